The fourth-order valence-corrected chi connectivity index (χ4v) is 1.59. The maximum absolute atomic E-state index is 11.0. The van der Waals surface area contributed by atoms with Crippen LogP contribution in [0.2, 0.25) is 0 Å². The highest BCUT2D eigenvalue weighted by Crippen LogP contribution is 2.17. The fraction of sp³-hybridized carbons (Fsp3) is 0.0769. The first-order valence-corrected chi connectivity index (χ1v) is 5.45. The van der Waals surface area contributed by atoms with E-state index in [0.717, 1.165) is 6.26 Å². The number of hydrogen-bond acceptors (Lipinski definition) is 4. The van der Waals surface area contributed by atoms with Crippen LogP contribution in [0.5, 0.6) is 0 Å². The lowest BCUT2D eigenvalue weighted by molar-refractivity contribution is 0.0686. The molecule has 0 aliphatic heterocycles. The number of hydrogen-bond donors (Lipinski definition) is 3. The average molecular weight is 261 g/mol. The Morgan fingerprint density at radius 3 is 2.53 bits per heavy atom. The predicted octanol–water partition coefficient (Wildman–Crippen LogP) is 2.29. The third-order valence-corrected chi connectivity index (χ3v) is 2.51. The summed E-state index contributed by atoms with van der Waals surface area (Å²) in [6, 6.07) is 7.84. The molecule has 1 heterocycles. The lowest BCUT2D eigenvalue weighted by Gasteiger charge is -2.07. The van der Waals surface area contributed by atoms with Crippen LogP contribution < -0.4 is 5.32 Å². The Morgan fingerprint density at radius 1 is 1.16 bits per heavy atom. The van der Waals surface area contributed by atoms with Gasteiger partial charge >= 0.3 is 11.9 Å². The normalized spacial score (nSPS) is 10.1. The number of rotatable bonds is 5. The van der Waals surface area contributed by atoms with Crippen molar-refractivity contribution in [1.29, 1.82) is 0 Å². The van der Waals surface area contributed by atoms with Gasteiger partial charge in [0.05, 0.1) is 17.7 Å². The van der Waals surface area contributed by atoms with E-state index in [1.54, 1.807) is 18.2 Å². The Labute approximate surface area is 108 Å². The van der Waals surface area contributed by atoms with E-state index in [1.807, 2.05) is 0 Å². The first kappa shape index (κ1) is 12.7. The van der Waals surface area contributed by atoms with Gasteiger partial charge in [0.2, 0.25) is 0 Å². The Kier molecular flexibility index (Phi) is 3.51. The number of furan rings is 1. The molecule has 0 saturated heterocycles. The minimum Gasteiger partial charge on any atom is -0.478 e. The van der Waals surface area contributed by atoms with Gasteiger partial charge in [-0.15, -0.1) is 0 Å². The lowest BCUT2D eigenvalue weighted by atomic mass is 10.2. The maximum Gasteiger partial charge on any atom is 0.338 e. The molecular formula is C13H11NO5. The second kappa shape index (κ2) is 5.26. The summed E-state index contributed by atoms with van der Waals surface area (Å²) in [6.45, 7) is 0.206. The van der Waals surface area contributed by atoms with Crippen LogP contribution >= 0.6 is 0 Å². The monoisotopic (exact) mass is 261 g/mol. The van der Waals surface area contributed by atoms with Gasteiger partial charge in [-0.2, -0.15) is 0 Å². The molecule has 0 aliphatic carbocycles. The zero-order valence-electron chi connectivity index (χ0n) is 9.79. The van der Waals surface area contributed by atoms with Crippen molar-refractivity contribution in [2.75, 3.05) is 5.32 Å². The molecular weight excluding hydrogens is 250 g/mol. The topological polar surface area (TPSA) is 99.8 Å². The van der Waals surface area contributed by atoms with Gasteiger partial charge in [0, 0.05) is 5.69 Å². The first-order valence-electron chi connectivity index (χ1n) is 5.45. The molecule has 0 bridgehead atoms. The molecule has 2 rings (SSSR count). The molecule has 0 aliphatic rings. The average Bonchev–Trinajstić information content (AvgIpc) is 2.85. The van der Waals surface area contributed by atoms with Crippen molar-refractivity contribution in [3.63, 3.8) is 0 Å². The zero-order valence-corrected chi connectivity index (χ0v) is 9.79. The van der Waals surface area contributed by atoms with E-state index in [1.165, 1.54) is 12.1 Å². The van der Waals surface area contributed by atoms with Gasteiger partial charge in [0.15, 0.2) is 0 Å². The number of carboxylic acids is 2. The van der Waals surface area contributed by atoms with E-state index in [0.29, 0.717) is 11.4 Å². The summed E-state index contributed by atoms with van der Waals surface area (Å²) < 4.78 is 5.06. The van der Waals surface area contributed by atoms with Crippen molar-refractivity contribution < 1.29 is 24.2 Å². The van der Waals surface area contributed by atoms with Crippen LogP contribution in [-0.4, -0.2) is 22.2 Å². The van der Waals surface area contributed by atoms with Crippen LogP contribution in [0.25, 0.3) is 0 Å². The molecule has 1 aromatic carbocycles. The van der Waals surface area contributed by atoms with Crippen molar-refractivity contribution in [1.82, 2.24) is 0 Å². The Bertz CT molecular complexity index is 617. The van der Waals surface area contributed by atoms with Gasteiger partial charge in [-0.25, -0.2) is 9.59 Å². The van der Waals surface area contributed by atoms with E-state index in [2.05, 4.69) is 5.32 Å². The number of carboxylic acid groups (broad SMARTS) is 2. The van der Waals surface area contributed by atoms with Gasteiger partial charge in [0.25, 0.3) is 0 Å². The highest BCUT2D eigenvalue weighted by molar-refractivity contribution is 5.94. The number of benzene rings is 1. The fourth-order valence-electron chi connectivity index (χ4n) is 1.59. The van der Waals surface area contributed by atoms with Gasteiger partial charge < -0.3 is 19.9 Å². The molecule has 19 heavy (non-hydrogen) atoms. The highest BCUT2D eigenvalue weighted by Gasteiger charge is 2.11. The molecule has 0 saturated carbocycles. The summed E-state index contributed by atoms with van der Waals surface area (Å²) in [4.78, 5) is 21.7. The summed E-state index contributed by atoms with van der Waals surface area (Å²) in [5.41, 5.74) is 0.652. The third kappa shape index (κ3) is 2.92. The van der Waals surface area contributed by atoms with Crippen LogP contribution in [0.1, 0.15) is 26.5 Å². The van der Waals surface area contributed by atoms with Crippen molar-refractivity contribution in [2.24, 2.45) is 0 Å². The third-order valence-electron chi connectivity index (χ3n) is 2.51. The van der Waals surface area contributed by atoms with E-state index < -0.39 is 11.9 Å². The predicted molar refractivity (Wildman–Crippen MR) is 66.4 cm³/mol. The van der Waals surface area contributed by atoms with Crippen molar-refractivity contribution in [3.05, 3.63) is 53.5 Å². The van der Waals surface area contributed by atoms with Gasteiger partial charge in [-0.1, -0.05) is 12.1 Å². The molecule has 2 aromatic rings. The number of anilines is 1. The van der Waals surface area contributed by atoms with E-state index in [4.69, 9.17) is 14.6 Å². The summed E-state index contributed by atoms with van der Waals surface area (Å²) in [5.74, 6) is -1.69. The summed E-state index contributed by atoms with van der Waals surface area (Å²) >= 11 is 0. The van der Waals surface area contributed by atoms with E-state index in [9.17, 15) is 9.59 Å². The summed E-state index contributed by atoms with van der Waals surface area (Å²) in [6.07, 6.45) is 1.14. The van der Waals surface area contributed by atoms with Crippen LogP contribution in [0.4, 0.5) is 5.69 Å². The van der Waals surface area contributed by atoms with Crippen LogP contribution in [0.3, 0.4) is 0 Å². The van der Waals surface area contributed by atoms with Crippen molar-refractivity contribution in [2.45, 2.75) is 6.54 Å². The van der Waals surface area contributed by atoms with E-state index >= 15 is 0 Å². The molecule has 0 atom stereocenters. The number of carbonyl (C=O) groups is 2. The smallest absolute Gasteiger partial charge is 0.338 e. The zero-order chi connectivity index (χ0) is 13.8. The summed E-state index contributed by atoms with van der Waals surface area (Å²) in [5, 5.41) is 20.6. The van der Waals surface area contributed by atoms with Crippen molar-refractivity contribution in [3.8, 4) is 0 Å². The van der Waals surface area contributed by atoms with Gasteiger partial charge in [-0.3, -0.25) is 0 Å². The number of para-hydroxylation sites is 1. The first-order chi connectivity index (χ1) is 9.08. The molecule has 6 heteroatoms. The molecule has 0 radical (unpaired) electrons. The SMILES string of the molecule is O=C(O)c1coc(CNc2ccccc2C(=O)O)c1. The lowest BCUT2D eigenvalue weighted by Crippen LogP contribution is -2.05. The maximum atomic E-state index is 11.0. The molecule has 0 unspecified atom stereocenters. The molecule has 0 spiro atoms. The van der Waals surface area contributed by atoms with Crippen LogP contribution in [0, 0.1) is 0 Å². The number of aromatic carboxylic acids is 2. The molecule has 98 valence electrons. The molecule has 6 nitrogen and oxygen atoms in total. The second-order valence-electron chi connectivity index (χ2n) is 3.81. The van der Waals surface area contributed by atoms with Crippen LogP contribution in [0.15, 0.2) is 41.0 Å². The number of nitrogens with one attached hydrogen (secondary N) is 1. The largest absolute Gasteiger partial charge is 0.478 e. The quantitative estimate of drug-likeness (QED) is 0.763. The molecule has 3 N–H and O–H groups in total. The standard InChI is InChI=1S/C13H11NO5/c15-12(16)8-5-9(19-7-8)6-14-11-4-2-1-3-10(11)13(17)18/h1-5,7,14H,6H2,(H,15,16)(H,17,18). The van der Waals surface area contributed by atoms with Crippen molar-refractivity contribution >= 4 is 17.6 Å². The molecule has 0 amide bonds. The summed E-state index contributed by atoms with van der Waals surface area (Å²) in [7, 11) is 0. The van der Waals surface area contributed by atoms with Gasteiger partial charge in [0.1, 0.15) is 12.0 Å². The highest BCUT2D eigenvalue weighted by atomic mass is 16.4. The van der Waals surface area contributed by atoms with E-state index in [-0.39, 0.29) is 17.7 Å². The molecule has 0 fully saturated rings. The van der Waals surface area contributed by atoms with Gasteiger partial charge in [-0.05, 0) is 18.2 Å². The Balaban J connectivity index is 2.10. The Morgan fingerprint density at radius 2 is 1.89 bits per heavy atom. The Hall–Kier alpha value is -2.76. The second-order valence-corrected chi connectivity index (χ2v) is 3.81. The minimum absolute atomic E-state index is 0.0586. The van der Waals surface area contributed by atoms with Crippen LogP contribution in [-0.2, 0) is 6.54 Å². The molecule has 1 aromatic heterocycles. The minimum atomic E-state index is -1.07.